The van der Waals surface area contributed by atoms with E-state index in [2.05, 4.69) is 30.4 Å². The Morgan fingerprint density at radius 1 is 1.08 bits per heavy atom. The first-order chi connectivity index (χ1) is 16.6. The van der Waals surface area contributed by atoms with Gasteiger partial charge in [-0.3, -0.25) is 5.10 Å². The highest BCUT2D eigenvalue weighted by Gasteiger charge is 2.39. The largest absolute Gasteiger partial charge is 0.490 e. The number of alkyl halides is 6. The van der Waals surface area contributed by atoms with E-state index < -0.39 is 24.3 Å². The summed E-state index contributed by atoms with van der Waals surface area (Å²) in [4.78, 5) is 28.9. The number of fused-ring (bicyclic) bond motifs is 1. The van der Waals surface area contributed by atoms with Crippen molar-refractivity contribution in [2.75, 3.05) is 30.3 Å². The van der Waals surface area contributed by atoms with Crippen molar-refractivity contribution < 1.29 is 46.1 Å². The van der Waals surface area contributed by atoms with Gasteiger partial charge in [0, 0.05) is 25.2 Å². The number of carboxylic acids is 2. The van der Waals surface area contributed by atoms with Crippen LogP contribution in [0, 0.1) is 12.8 Å². The van der Waals surface area contributed by atoms with Crippen LogP contribution in [0.3, 0.4) is 0 Å². The molecule has 0 radical (unpaired) electrons. The van der Waals surface area contributed by atoms with Gasteiger partial charge in [-0.1, -0.05) is 0 Å². The summed E-state index contributed by atoms with van der Waals surface area (Å²) in [6.45, 7) is 5.16. The Hall–Kier alpha value is -3.63. The smallest absolute Gasteiger partial charge is 0.475 e. The number of H-pyrrole nitrogens is 1. The summed E-state index contributed by atoms with van der Waals surface area (Å²) < 4.78 is 63.5. The maximum atomic E-state index is 10.6. The number of aromatic amines is 1. The highest BCUT2D eigenvalue weighted by atomic mass is 19.4. The van der Waals surface area contributed by atoms with Gasteiger partial charge in [0.25, 0.3) is 0 Å². The molecule has 4 rings (SSSR count). The normalized spacial score (nSPS) is 19.4. The predicted octanol–water partition coefficient (Wildman–Crippen LogP) is 2.21. The monoisotopic (exact) mass is 527 g/mol. The average molecular weight is 527 g/mol. The van der Waals surface area contributed by atoms with Crippen molar-refractivity contribution in [2.45, 2.75) is 38.2 Å². The molecule has 2 aliphatic rings. The molecule has 0 aromatic carbocycles. The van der Waals surface area contributed by atoms with Gasteiger partial charge < -0.3 is 26.2 Å². The van der Waals surface area contributed by atoms with Gasteiger partial charge >= 0.3 is 24.3 Å². The molecule has 4 heterocycles. The summed E-state index contributed by atoms with van der Waals surface area (Å²) in [5, 5.41) is 24.9. The number of halogens is 6. The zero-order chi connectivity index (χ0) is 27.3. The van der Waals surface area contributed by atoms with Crippen LogP contribution >= 0.6 is 0 Å². The third-order valence-electron chi connectivity index (χ3n) is 5.22. The van der Waals surface area contributed by atoms with Crippen molar-refractivity contribution in [3.05, 3.63) is 17.8 Å². The molecule has 0 spiro atoms. The predicted molar refractivity (Wildman–Crippen MR) is 113 cm³/mol. The molecular formula is C19H23F6N7O4. The molecule has 11 nitrogen and oxygen atoms in total. The van der Waals surface area contributed by atoms with Crippen molar-refractivity contribution in [3.8, 4) is 11.4 Å². The summed E-state index contributed by atoms with van der Waals surface area (Å²) >= 11 is 0. The van der Waals surface area contributed by atoms with Gasteiger partial charge in [-0.05, 0) is 37.8 Å². The van der Waals surface area contributed by atoms with Crippen LogP contribution in [0.25, 0.3) is 11.4 Å². The molecule has 6 N–H and O–H groups in total. The molecule has 36 heavy (non-hydrogen) atoms. The Kier molecular flexibility index (Phi) is 9.06. The Balaban J connectivity index is 0.000000271. The number of rotatable bonds is 2. The van der Waals surface area contributed by atoms with Gasteiger partial charge in [0.05, 0.1) is 17.6 Å². The zero-order valence-corrected chi connectivity index (χ0v) is 18.7. The van der Waals surface area contributed by atoms with Gasteiger partial charge in [-0.15, -0.1) is 0 Å². The number of aromatic nitrogens is 4. The molecule has 2 atom stereocenters. The fraction of sp³-hybridized carbons (Fsp3) is 0.526. The minimum atomic E-state index is -5.08. The van der Waals surface area contributed by atoms with Crippen LogP contribution in [-0.4, -0.2) is 80.3 Å². The lowest BCUT2D eigenvalue weighted by atomic mass is 9.94. The lowest BCUT2D eigenvalue weighted by Gasteiger charge is -2.24. The van der Waals surface area contributed by atoms with E-state index in [1.165, 1.54) is 12.8 Å². The van der Waals surface area contributed by atoms with Crippen LogP contribution in [-0.2, 0) is 9.59 Å². The van der Waals surface area contributed by atoms with E-state index in [0.29, 0.717) is 17.9 Å². The number of aliphatic carboxylic acids is 2. The number of piperidine rings is 1. The number of nitrogens with two attached hydrogens (primary N) is 1. The summed E-state index contributed by atoms with van der Waals surface area (Å²) in [6, 6.07) is 2.58. The molecule has 2 fully saturated rings. The Bertz CT molecular complexity index is 1020. The van der Waals surface area contributed by atoms with Crippen LogP contribution in [0.4, 0.5) is 38.1 Å². The molecule has 0 amide bonds. The van der Waals surface area contributed by atoms with Gasteiger partial charge in [-0.2, -0.15) is 36.4 Å². The zero-order valence-electron chi connectivity index (χ0n) is 18.7. The molecule has 0 unspecified atom stereocenters. The van der Waals surface area contributed by atoms with Crippen LogP contribution < -0.4 is 16.0 Å². The van der Waals surface area contributed by atoms with Crippen molar-refractivity contribution in [2.24, 2.45) is 5.92 Å². The van der Waals surface area contributed by atoms with Crippen molar-refractivity contribution in [1.29, 1.82) is 0 Å². The van der Waals surface area contributed by atoms with Gasteiger partial charge in [0.15, 0.2) is 0 Å². The average Bonchev–Trinajstić information content (AvgIpc) is 3.39. The van der Waals surface area contributed by atoms with Crippen LogP contribution in [0.2, 0.25) is 0 Å². The highest BCUT2D eigenvalue weighted by Crippen LogP contribution is 2.30. The Labute approximate surface area is 199 Å². The van der Waals surface area contributed by atoms with E-state index >= 15 is 0 Å². The third kappa shape index (κ3) is 7.96. The number of hydrogen-bond acceptors (Lipinski definition) is 8. The number of carbonyl (C=O) groups is 2. The summed E-state index contributed by atoms with van der Waals surface area (Å²) in [5.74, 6) is -3.58. The summed E-state index contributed by atoms with van der Waals surface area (Å²) in [6.07, 6.45) is -5.82. The standard InChI is InChI=1S/C15H21N7.2C2HF3O2/c1-9-6-18-21-14(9)11-5-13(20-15(16)19-11)22-7-10-3-2-4-17-12(10)8-22;2*3-2(4,5)1(6)7/h5-6,10,12,17H,2-4,7-8H2,1H3,(H,18,21)(H2,16,19,20);2*(H,6,7)/t10-,12+;;/m1../s1. The minimum absolute atomic E-state index is 0.310. The first-order valence-corrected chi connectivity index (χ1v) is 10.3. The molecule has 2 aromatic rings. The van der Waals surface area contributed by atoms with E-state index in [-0.39, 0.29) is 0 Å². The van der Waals surface area contributed by atoms with E-state index in [4.69, 9.17) is 25.5 Å². The molecule has 2 aliphatic heterocycles. The van der Waals surface area contributed by atoms with Gasteiger partial charge in [0.2, 0.25) is 5.95 Å². The van der Waals surface area contributed by atoms with Crippen molar-refractivity contribution in [3.63, 3.8) is 0 Å². The second-order valence-corrected chi connectivity index (χ2v) is 7.87. The lowest BCUT2D eigenvalue weighted by Crippen LogP contribution is -2.40. The quantitative estimate of drug-likeness (QED) is 0.365. The first kappa shape index (κ1) is 28.6. The maximum Gasteiger partial charge on any atom is 0.490 e. The summed E-state index contributed by atoms with van der Waals surface area (Å²) in [7, 11) is 0. The minimum Gasteiger partial charge on any atom is -0.475 e. The first-order valence-electron chi connectivity index (χ1n) is 10.3. The fourth-order valence-electron chi connectivity index (χ4n) is 3.58. The van der Waals surface area contributed by atoms with Crippen molar-refractivity contribution in [1.82, 2.24) is 25.5 Å². The highest BCUT2D eigenvalue weighted by molar-refractivity contribution is 5.73. The molecule has 2 aromatic heterocycles. The number of nitrogen functional groups attached to an aromatic ring is 1. The lowest BCUT2D eigenvalue weighted by molar-refractivity contribution is -0.193. The maximum absolute atomic E-state index is 10.6. The SMILES string of the molecule is Cc1cn[nH]c1-c1cc(N2C[C@H]3CCCN[C@H]3C2)nc(N)n1.O=C(O)C(F)(F)F.O=C(O)C(F)(F)F. The molecule has 0 aliphatic carbocycles. The number of nitrogens with zero attached hydrogens (tertiary/aromatic N) is 4. The Morgan fingerprint density at radius 3 is 2.14 bits per heavy atom. The van der Waals surface area contributed by atoms with Crippen LogP contribution in [0.15, 0.2) is 12.3 Å². The van der Waals surface area contributed by atoms with Crippen LogP contribution in [0.5, 0.6) is 0 Å². The fourth-order valence-corrected chi connectivity index (χ4v) is 3.58. The molecule has 17 heteroatoms. The molecule has 2 saturated heterocycles. The van der Waals surface area contributed by atoms with E-state index in [1.54, 1.807) is 6.20 Å². The number of hydrogen-bond donors (Lipinski definition) is 5. The van der Waals surface area contributed by atoms with Gasteiger partial charge in [0.1, 0.15) is 5.82 Å². The summed E-state index contributed by atoms with van der Waals surface area (Å²) in [5.41, 5.74) is 8.70. The van der Waals surface area contributed by atoms with E-state index in [0.717, 1.165) is 42.4 Å². The third-order valence-corrected chi connectivity index (χ3v) is 5.22. The molecular weight excluding hydrogens is 504 g/mol. The van der Waals surface area contributed by atoms with Crippen molar-refractivity contribution >= 4 is 23.7 Å². The molecule has 0 bridgehead atoms. The second kappa shape index (κ2) is 11.4. The van der Waals surface area contributed by atoms with Gasteiger partial charge in [-0.25, -0.2) is 14.6 Å². The molecule has 200 valence electrons. The van der Waals surface area contributed by atoms with Crippen LogP contribution in [0.1, 0.15) is 18.4 Å². The second-order valence-electron chi connectivity index (χ2n) is 7.87. The number of nitrogens with one attached hydrogen (secondary N) is 2. The van der Waals surface area contributed by atoms with E-state index in [1.807, 2.05) is 13.0 Å². The Morgan fingerprint density at radius 2 is 1.67 bits per heavy atom. The number of carboxylic acid groups (broad SMARTS) is 2. The molecule has 0 saturated carbocycles. The number of anilines is 2. The van der Waals surface area contributed by atoms with E-state index in [9.17, 15) is 26.3 Å². The topological polar surface area (TPSA) is 170 Å². The number of aryl methyl sites for hydroxylation is 1.